The monoisotopic (exact) mass is 406 g/mol. The minimum Gasteiger partial charge on any atom is -0.353 e. The lowest BCUT2D eigenvalue weighted by Gasteiger charge is -2.22. The maximum Gasteiger partial charge on any atom is 0.158 e. The standard InChI is InChI=1S/C24H23ClN2O2/c25-19-11-18(13-26-14-19)15-27-22-6-2-1-5-20(22)21-12-17(8-9-23(21)27)16-29-24-7-3-4-10-28-24/h1-2,5-6,8-9,11-14,24H,3-4,7,10,15-16H2. The predicted molar refractivity (Wildman–Crippen MR) is 116 cm³/mol. The van der Waals surface area contributed by atoms with Crippen molar-refractivity contribution >= 4 is 33.4 Å². The second kappa shape index (κ2) is 8.15. The fourth-order valence-corrected chi connectivity index (χ4v) is 4.31. The van der Waals surface area contributed by atoms with Crippen LogP contribution in [-0.4, -0.2) is 22.4 Å². The number of aromatic nitrogens is 2. The van der Waals surface area contributed by atoms with Gasteiger partial charge in [0.05, 0.1) is 11.6 Å². The van der Waals surface area contributed by atoms with Crippen molar-refractivity contribution in [1.29, 1.82) is 0 Å². The van der Waals surface area contributed by atoms with E-state index in [4.69, 9.17) is 21.1 Å². The molecule has 0 N–H and O–H groups in total. The number of para-hydroxylation sites is 1. The maximum absolute atomic E-state index is 6.15. The number of nitrogens with zero attached hydrogens (tertiary/aromatic N) is 2. The molecular formula is C24H23ClN2O2. The molecule has 1 saturated heterocycles. The zero-order valence-electron chi connectivity index (χ0n) is 16.2. The van der Waals surface area contributed by atoms with E-state index in [1.165, 1.54) is 33.8 Å². The first-order valence-corrected chi connectivity index (χ1v) is 10.5. The number of rotatable bonds is 5. The smallest absolute Gasteiger partial charge is 0.158 e. The Bertz CT molecular complexity index is 1150. The summed E-state index contributed by atoms with van der Waals surface area (Å²) in [5, 5.41) is 3.14. The van der Waals surface area contributed by atoms with Crippen LogP contribution in [0.2, 0.25) is 5.02 Å². The Morgan fingerprint density at radius 1 is 1.00 bits per heavy atom. The van der Waals surface area contributed by atoms with Crippen molar-refractivity contribution in [3.8, 4) is 0 Å². The molecule has 4 nitrogen and oxygen atoms in total. The third kappa shape index (κ3) is 3.88. The number of benzene rings is 2. The average molecular weight is 407 g/mol. The molecule has 0 spiro atoms. The SMILES string of the molecule is Clc1cncc(Cn2c3ccccc3c3cc(COC4CCCCO4)ccc32)c1. The Kier molecular flexibility index (Phi) is 5.23. The van der Waals surface area contributed by atoms with Crippen molar-refractivity contribution in [3.63, 3.8) is 0 Å². The van der Waals surface area contributed by atoms with Crippen molar-refractivity contribution in [3.05, 3.63) is 77.1 Å². The molecule has 1 aliphatic heterocycles. The number of ether oxygens (including phenoxy) is 2. The minimum absolute atomic E-state index is 0.0730. The van der Waals surface area contributed by atoms with Gasteiger partial charge in [0, 0.05) is 47.4 Å². The molecule has 1 fully saturated rings. The van der Waals surface area contributed by atoms with Crippen molar-refractivity contribution in [2.24, 2.45) is 0 Å². The van der Waals surface area contributed by atoms with Gasteiger partial charge in [-0.05, 0) is 54.7 Å². The highest BCUT2D eigenvalue weighted by molar-refractivity contribution is 6.30. The van der Waals surface area contributed by atoms with Crippen LogP contribution >= 0.6 is 11.6 Å². The second-order valence-electron chi connectivity index (χ2n) is 7.57. The first-order valence-electron chi connectivity index (χ1n) is 10.1. The number of hydrogen-bond acceptors (Lipinski definition) is 3. The van der Waals surface area contributed by atoms with Gasteiger partial charge in [-0.25, -0.2) is 0 Å². The fourth-order valence-electron chi connectivity index (χ4n) is 4.12. The van der Waals surface area contributed by atoms with Gasteiger partial charge in [-0.2, -0.15) is 0 Å². The molecule has 2 aromatic carbocycles. The summed E-state index contributed by atoms with van der Waals surface area (Å²) in [4.78, 5) is 4.23. The van der Waals surface area contributed by atoms with Crippen LogP contribution in [0.25, 0.3) is 21.8 Å². The Labute approximate surface area is 175 Å². The van der Waals surface area contributed by atoms with Crippen LogP contribution in [0.3, 0.4) is 0 Å². The lowest BCUT2D eigenvalue weighted by molar-refractivity contribution is -0.168. The van der Waals surface area contributed by atoms with Crippen LogP contribution in [0, 0.1) is 0 Å². The molecule has 2 aromatic heterocycles. The highest BCUT2D eigenvalue weighted by atomic mass is 35.5. The summed E-state index contributed by atoms with van der Waals surface area (Å²) in [6.07, 6.45) is 6.76. The molecule has 1 atom stereocenters. The Hall–Kier alpha value is -2.40. The normalized spacial score (nSPS) is 17.2. The summed E-state index contributed by atoms with van der Waals surface area (Å²) < 4.78 is 14.0. The molecule has 0 radical (unpaired) electrons. The Balaban J connectivity index is 1.49. The molecule has 29 heavy (non-hydrogen) atoms. The molecule has 1 unspecified atom stereocenters. The van der Waals surface area contributed by atoms with Gasteiger partial charge >= 0.3 is 0 Å². The summed E-state index contributed by atoms with van der Waals surface area (Å²) in [5.74, 6) is 0. The number of fused-ring (bicyclic) bond motifs is 3. The van der Waals surface area contributed by atoms with Crippen molar-refractivity contribution in [2.45, 2.75) is 38.7 Å². The fraction of sp³-hybridized carbons (Fsp3) is 0.292. The number of halogens is 1. The van der Waals surface area contributed by atoms with Crippen LogP contribution in [0.5, 0.6) is 0 Å². The third-order valence-corrected chi connectivity index (χ3v) is 5.72. The summed E-state index contributed by atoms with van der Waals surface area (Å²) in [7, 11) is 0. The molecule has 5 heteroatoms. The summed E-state index contributed by atoms with van der Waals surface area (Å²) in [5.41, 5.74) is 4.65. The van der Waals surface area contributed by atoms with E-state index in [-0.39, 0.29) is 6.29 Å². The molecule has 0 aliphatic carbocycles. The summed E-state index contributed by atoms with van der Waals surface area (Å²) >= 11 is 6.15. The molecule has 0 saturated carbocycles. The van der Waals surface area contributed by atoms with Crippen LogP contribution in [0.1, 0.15) is 30.4 Å². The molecule has 3 heterocycles. The van der Waals surface area contributed by atoms with E-state index in [0.717, 1.165) is 31.6 Å². The van der Waals surface area contributed by atoms with Crippen molar-refractivity contribution in [2.75, 3.05) is 6.61 Å². The van der Waals surface area contributed by atoms with Crippen LogP contribution in [0.4, 0.5) is 0 Å². The van der Waals surface area contributed by atoms with E-state index in [1.807, 2.05) is 12.3 Å². The molecule has 5 rings (SSSR count). The predicted octanol–water partition coefficient (Wildman–Crippen LogP) is 5.93. The highest BCUT2D eigenvalue weighted by Crippen LogP contribution is 2.31. The lowest BCUT2D eigenvalue weighted by atomic mass is 10.1. The van der Waals surface area contributed by atoms with Gasteiger partial charge in [0.2, 0.25) is 0 Å². The van der Waals surface area contributed by atoms with Gasteiger partial charge in [-0.3, -0.25) is 4.98 Å². The number of pyridine rings is 1. The van der Waals surface area contributed by atoms with Crippen molar-refractivity contribution in [1.82, 2.24) is 9.55 Å². The molecule has 0 amide bonds. The van der Waals surface area contributed by atoms with E-state index in [1.54, 1.807) is 6.20 Å². The van der Waals surface area contributed by atoms with Gasteiger partial charge in [0.15, 0.2) is 6.29 Å². The van der Waals surface area contributed by atoms with E-state index in [9.17, 15) is 0 Å². The topological polar surface area (TPSA) is 36.3 Å². The second-order valence-corrected chi connectivity index (χ2v) is 8.01. The first-order chi connectivity index (χ1) is 14.3. The lowest BCUT2D eigenvalue weighted by Crippen LogP contribution is -2.21. The molecule has 1 aliphatic rings. The molecule has 0 bridgehead atoms. The van der Waals surface area contributed by atoms with Crippen LogP contribution in [0.15, 0.2) is 60.9 Å². The molecular weight excluding hydrogens is 384 g/mol. The largest absolute Gasteiger partial charge is 0.353 e. The van der Waals surface area contributed by atoms with Gasteiger partial charge in [0.1, 0.15) is 0 Å². The quantitative estimate of drug-likeness (QED) is 0.412. The van der Waals surface area contributed by atoms with E-state index in [2.05, 4.69) is 52.0 Å². The van der Waals surface area contributed by atoms with Gasteiger partial charge < -0.3 is 14.0 Å². The highest BCUT2D eigenvalue weighted by Gasteiger charge is 2.15. The summed E-state index contributed by atoms with van der Waals surface area (Å²) in [6, 6.07) is 17.1. The zero-order chi connectivity index (χ0) is 19.6. The van der Waals surface area contributed by atoms with Gasteiger partial charge in [-0.15, -0.1) is 0 Å². The third-order valence-electron chi connectivity index (χ3n) is 5.51. The Morgan fingerprint density at radius 3 is 2.76 bits per heavy atom. The molecule has 4 aromatic rings. The average Bonchev–Trinajstić information content (AvgIpc) is 3.06. The first kappa shape index (κ1) is 18.6. The Morgan fingerprint density at radius 2 is 1.90 bits per heavy atom. The van der Waals surface area contributed by atoms with E-state index in [0.29, 0.717) is 11.6 Å². The van der Waals surface area contributed by atoms with E-state index < -0.39 is 0 Å². The van der Waals surface area contributed by atoms with Crippen LogP contribution < -0.4 is 0 Å². The van der Waals surface area contributed by atoms with Crippen LogP contribution in [-0.2, 0) is 22.6 Å². The van der Waals surface area contributed by atoms with Gasteiger partial charge in [-0.1, -0.05) is 35.9 Å². The van der Waals surface area contributed by atoms with E-state index >= 15 is 0 Å². The van der Waals surface area contributed by atoms with Crippen molar-refractivity contribution < 1.29 is 9.47 Å². The zero-order valence-corrected chi connectivity index (χ0v) is 16.9. The summed E-state index contributed by atoms with van der Waals surface area (Å²) in [6.45, 7) is 2.09. The minimum atomic E-state index is -0.0730. The molecule has 148 valence electrons. The van der Waals surface area contributed by atoms with Gasteiger partial charge in [0.25, 0.3) is 0 Å². The number of hydrogen-bond donors (Lipinski definition) is 0. The maximum atomic E-state index is 6.15.